The van der Waals surface area contributed by atoms with E-state index in [1.54, 1.807) is 0 Å². The molecule has 5 nitrogen and oxygen atoms in total. The summed E-state index contributed by atoms with van der Waals surface area (Å²) in [6.07, 6.45) is 3.96. The molecular formula is C22H23N3O2. The molecule has 0 saturated heterocycles. The van der Waals surface area contributed by atoms with E-state index in [9.17, 15) is 4.79 Å². The second-order valence-electron chi connectivity index (χ2n) is 7.08. The van der Waals surface area contributed by atoms with Crippen molar-refractivity contribution in [2.45, 2.75) is 45.1 Å². The molecule has 2 aromatic carbocycles. The van der Waals surface area contributed by atoms with Gasteiger partial charge in [-0.1, -0.05) is 42.0 Å². The van der Waals surface area contributed by atoms with Gasteiger partial charge in [0.05, 0.1) is 6.04 Å². The second kappa shape index (κ2) is 7.74. The van der Waals surface area contributed by atoms with Gasteiger partial charge < -0.3 is 9.73 Å². The minimum Gasteiger partial charge on any atom is -0.421 e. The SMILES string of the molecule is Cc1ccc(-c2nnc(CCC(=O)NC3CCCc4ccccc43)o2)cc1. The molecule has 5 heteroatoms. The molecule has 4 rings (SSSR count). The number of fused-ring (bicyclic) bond motifs is 1. The van der Waals surface area contributed by atoms with E-state index in [2.05, 4.69) is 33.7 Å². The van der Waals surface area contributed by atoms with Crippen LogP contribution in [0.4, 0.5) is 0 Å². The summed E-state index contributed by atoms with van der Waals surface area (Å²) in [5.41, 5.74) is 4.66. The highest BCUT2D eigenvalue weighted by Gasteiger charge is 2.21. The number of carbonyl (C=O) groups excluding carboxylic acids is 1. The maximum Gasteiger partial charge on any atom is 0.247 e. The quantitative estimate of drug-likeness (QED) is 0.740. The molecular weight excluding hydrogens is 338 g/mol. The van der Waals surface area contributed by atoms with Gasteiger partial charge in [0, 0.05) is 18.4 Å². The number of hydrogen-bond acceptors (Lipinski definition) is 4. The standard InChI is InChI=1S/C22H23N3O2/c1-15-9-11-17(12-10-15)22-25-24-21(27-22)14-13-20(26)23-19-8-4-6-16-5-2-3-7-18(16)19/h2-3,5,7,9-12,19H,4,6,8,13-14H2,1H3,(H,23,26). The van der Waals surface area contributed by atoms with Gasteiger partial charge in [0.15, 0.2) is 0 Å². The fraction of sp³-hybridized carbons (Fsp3) is 0.318. The van der Waals surface area contributed by atoms with Crippen LogP contribution in [0.25, 0.3) is 11.5 Å². The van der Waals surface area contributed by atoms with Gasteiger partial charge in [0.1, 0.15) is 0 Å². The Balaban J connectivity index is 1.34. The predicted molar refractivity (Wildman–Crippen MR) is 103 cm³/mol. The predicted octanol–water partition coefficient (Wildman–Crippen LogP) is 4.17. The first-order valence-corrected chi connectivity index (χ1v) is 9.45. The van der Waals surface area contributed by atoms with Crippen LogP contribution in [0.3, 0.4) is 0 Å². The Morgan fingerprint density at radius 1 is 1.15 bits per heavy atom. The second-order valence-corrected chi connectivity index (χ2v) is 7.08. The topological polar surface area (TPSA) is 68.0 Å². The lowest BCUT2D eigenvalue weighted by Crippen LogP contribution is -2.31. The van der Waals surface area contributed by atoms with Crippen molar-refractivity contribution >= 4 is 5.91 Å². The van der Waals surface area contributed by atoms with E-state index < -0.39 is 0 Å². The molecule has 1 unspecified atom stereocenters. The lowest BCUT2D eigenvalue weighted by atomic mass is 9.87. The molecule has 1 aromatic heterocycles. The van der Waals surface area contributed by atoms with Crippen molar-refractivity contribution in [1.29, 1.82) is 0 Å². The zero-order chi connectivity index (χ0) is 18.6. The number of amides is 1. The average Bonchev–Trinajstić information content (AvgIpc) is 3.16. The van der Waals surface area contributed by atoms with Gasteiger partial charge in [-0.2, -0.15) is 0 Å². The monoisotopic (exact) mass is 361 g/mol. The van der Waals surface area contributed by atoms with Gasteiger partial charge in [-0.25, -0.2) is 0 Å². The van der Waals surface area contributed by atoms with E-state index in [0.29, 0.717) is 24.6 Å². The van der Waals surface area contributed by atoms with Crippen LogP contribution in [0.15, 0.2) is 52.9 Å². The Kier molecular flexibility index (Phi) is 5.01. The zero-order valence-corrected chi connectivity index (χ0v) is 15.4. The lowest BCUT2D eigenvalue weighted by Gasteiger charge is -2.26. The maximum absolute atomic E-state index is 12.4. The van der Waals surface area contributed by atoms with Crippen molar-refractivity contribution < 1.29 is 9.21 Å². The van der Waals surface area contributed by atoms with Crippen LogP contribution in [0.5, 0.6) is 0 Å². The molecule has 0 spiro atoms. The number of aryl methyl sites for hydroxylation is 3. The van der Waals surface area contributed by atoms with Crippen molar-refractivity contribution in [3.05, 3.63) is 71.1 Å². The first kappa shape index (κ1) is 17.5. The van der Waals surface area contributed by atoms with Gasteiger partial charge in [-0.3, -0.25) is 4.79 Å². The van der Waals surface area contributed by atoms with E-state index in [1.165, 1.54) is 16.7 Å². The van der Waals surface area contributed by atoms with Crippen LogP contribution in [0.2, 0.25) is 0 Å². The Bertz CT molecular complexity index is 931. The van der Waals surface area contributed by atoms with E-state index >= 15 is 0 Å². The third-order valence-corrected chi connectivity index (χ3v) is 5.04. The summed E-state index contributed by atoms with van der Waals surface area (Å²) in [7, 11) is 0. The molecule has 1 aliphatic carbocycles. The number of rotatable bonds is 5. The molecule has 0 saturated carbocycles. The Morgan fingerprint density at radius 3 is 2.81 bits per heavy atom. The molecule has 0 bridgehead atoms. The van der Waals surface area contributed by atoms with Crippen LogP contribution in [0, 0.1) is 6.92 Å². The average molecular weight is 361 g/mol. The number of hydrogen-bond donors (Lipinski definition) is 1. The smallest absolute Gasteiger partial charge is 0.247 e. The number of nitrogens with one attached hydrogen (secondary N) is 1. The van der Waals surface area contributed by atoms with Gasteiger partial charge in [0.25, 0.3) is 0 Å². The summed E-state index contributed by atoms with van der Waals surface area (Å²) in [4.78, 5) is 12.4. The first-order valence-electron chi connectivity index (χ1n) is 9.45. The third-order valence-electron chi connectivity index (χ3n) is 5.04. The molecule has 1 aliphatic rings. The number of carbonyl (C=O) groups is 1. The van der Waals surface area contributed by atoms with Crippen molar-refractivity contribution in [2.75, 3.05) is 0 Å². The van der Waals surface area contributed by atoms with E-state index in [1.807, 2.05) is 37.3 Å². The fourth-order valence-electron chi connectivity index (χ4n) is 3.56. The maximum atomic E-state index is 12.4. The minimum absolute atomic E-state index is 0.0202. The Morgan fingerprint density at radius 2 is 1.96 bits per heavy atom. The van der Waals surface area contributed by atoms with Crippen LogP contribution in [-0.4, -0.2) is 16.1 Å². The van der Waals surface area contributed by atoms with Gasteiger partial charge in [-0.05, 0) is 49.4 Å². The summed E-state index contributed by atoms with van der Waals surface area (Å²) in [5, 5.41) is 11.3. The zero-order valence-electron chi connectivity index (χ0n) is 15.4. The molecule has 1 heterocycles. The van der Waals surface area contributed by atoms with Crippen LogP contribution < -0.4 is 5.32 Å². The molecule has 0 radical (unpaired) electrons. The molecule has 0 fully saturated rings. The fourth-order valence-corrected chi connectivity index (χ4v) is 3.56. The molecule has 1 atom stereocenters. The third kappa shape index (κ3) is 4.08. The van der Waals surface area contributed by atoms with Gasteiger partial charge >= 0.3 is 0 Å². The molecule has 1 amide bonds. The summed E-state index contributed by atoms with van der Waals surface area (Å²) < 4.78 is 5.70. The molecule has 138 valence electrons. The summed E-state index contributed by atoms with van der Waals surface area (Å²) >= 11 is 0. The van der Waals surface area contributed by atoms with E-state index in [0.717, 1.165) is 24.8 Å². The number of benzene rings is 2. The largest absolute Gasteiger partial charge is 0.421 e. The Labute approximate surface area is 158 Å². The molecule has 0 aliphatic heterocycles. The highest BCUT2D eigenvalue weighted by Crippen LogP contribution is 2.29. The van der Waals surface area contributed by atoms with Gasteiger partial charge in [-0.15, -0.1) is 10.2 Å². The molecule has 1 N–H and O–H groups in total. The molecule has 3 aromatic rings. The molecule has 27 heavy (non-hydrogen) atoms. The van der Waals surface area contributed by atoms with Crippen molar-refractivity contribution in [3.63, 3.8) is 0 Å². The summed E-state index contributed by atoms with van der Waals surface area (Å²) in [5.74, 6) is 1.00. The minimum atomic E-state index is 0.0202. The highest BCUT2D eigenvalue weighted by atomic mass is 16.4. The van der Waals surface area contributed by atoms with Crippen LogP contribution in [0.1, 0.15) is 47.9 Å². The summed E-state index contributed by atoms with van der Waals surface area (Å²) in [6.45, 7) is 2.03. The van der Waals surface area contributed by atoms with E-state index in [4.69, 9.17) is 4.42 Å². The van der Waals surface area contributed by atoms with Crippen molar-refractivity contribution in [1.82, 2.24) is 15.5 Å². The van der Waals surface area contributed by atoms with Crippen molar-refractivity contribution in [2.24, 2.45) is 0 Å². The van der Waals surface area contributed by atoms with E-state index in [-0.39, 0.29) is 11.9 Å². The van der Waals surface area contributed by atoms with Crippen molar-refractivity contribution in [3.8, 4) is 11.5 Å². The van der Waals surface area contributed by atoms with Crippen LogP contribution >= 0.6 is 0 Å². The summed E-state index contributed by atoms with van der Waals surface area (Å²) in [6, 6.07) is 16.4. The Hall–Kier alpha value is -2.95. The first-order chi connectivity index (χ1) is 13.2. The van der Waals surface area contributed by atoms with Gasteiger partial charge in [0.2, 0.25) is 17.7 Å². The normalized spacial score (nSPS) is 16.0. The lowest BCUT2D eigenvalue weighted by molar-refractivity contribution is -0.122. The number of aromatic nitrogens is 2. The van der Waals surface area contributed by atoms with Crippen LogP contribution in [-0.2, 0) is 17.6 Å². The highest BCUT2D eigenvalue weighted by molar-refractivity contribution is 5.76. The number of nitrogens with zero attached hydrogens (tertiary/aromatic N) is 2.